The number of hydrogen-bond donors (Lipinski definition) is 3. The van der Waals surface area contributed by atoms with Gasteiger partial charge in [-0.05, 0) is 38.0 Å². The monoisotopic (exact) mass is 320 g/mol. The first kappa shape index (κ1) is 17.5. The number of rotatable bonds is 11. The van der Waals surface area contributed by atoms with Crippen LogP contribution >= 0.6 is 0 Å². The van der Waals surface area contributed by atoms with Crippen LogP contribution in [0.25, 0.3) is 0 Å². The maximum atomic E-state index is 10.4. The highest BCUT2D eigenvalue weighted by molar-refractivity contribution is 5.66. The van der Waals surface area contributed by atoms with Crippen LogP contribution in [0.4, 0.5) is 11.8 Å². The van der Waals surface area contributed by atoms with Crippen LogP contribution in [0, 0.1) is 0 Å². The van der Waals surface area contributed by atoms with E-state index in [0.717, 1.165) is 50.6 Å². The quantitative estimate of drug-likeness (QED) is 0.541. The second-order valence-electron chi connectivity index (χ2n) is 6.33. The molecule has 0 unspecified atom stereocenters. The fourth-order valence-electron chi connectivity index (χ4n) is 2.93. The number of aliphatic carboxylic acids is 1. The number of aryl methyl sites for hydroxylation is 1. The number of aromatic nitrogens is 2. The van der Waals surface area contributed by atoms with Gasteiger partial charge in [0.05, 0.1) is 5.69 Å². The van der Waals surface area contributed by atoms with Crippen LogP contribution in [0.3, 0.4) is 0 Å². The number of nitrogens with one attached hydrogen (secondary N) is 1. The lowest BCUT2D eigenvalue weighted by atomic mass is 10.0. The Balaban J connectivity index is 1.74. The molecule has 0 spiro atoms. The molecule has 4 N–H and O–H groups in total. The van der Waals surface area contributed by atoms with Gasteiger partial charge in [-0.15, -0.1) is 0 Å². The highest BCUT2D eigenvalue weighted by Crippen LogP contribution is 2.44. The largest absolute Gasteiger partial charge is 0.481 e. The van der Waals surface area contributed by atoms with Crippen molar-refractivity contribution in [2.24, 2.45) is 0 Å². The molecule has 6 heteroatoms. The number of nitrogens with two attached hydrogens (primary N) is 1. The number of carboxylic acid groups (broad SMARTS) is 1. The lowest BCUT2D eigenvalue weighted by Crippen LogP contribution is -2.09. The molecule has 128 valence electrons. The second-order valence-corrected chi connectivity index (χ2v) is 6.33. The van der Waals surface area contributed by atoms with Crippen molar-refractivity contribution >= 4 is 17.7 Å². The van der Waals surface area contributed by atoms with Gasteiger partial charge in [0.15, 0.2) is 0 Å². The van der Waals surface area contributed by atoms with Crippen LogP contribution in [0.5, 0.6) is 0 Å². The molecule has 1 fully saturated rings. The zero-order valence-corrected chi connectivity index (χ0v) is 14.0. The Bertz CT molecular complexity index is 530. The molecule has 23 heavy (non-hydrogen) atoms. The van der Waals surface area contributed by atoms with Crippen molar-refractivity contribution in [3.8, 4) is 0 Å². The van der Waals surface area contributed by atoms with Crippen molar-refractivity contribution < 1.29 is 9.90 Å². The molecule has 6 nitrogen and oxygen atoms in total. The first-order valence-corrected chi connectivity index (χ1v) is 8.67. The van der Waals surface area contributed by atoms with Crippen LogP contribution in [0.15, 0.2) is 0 Å². The summed E-state index contributed by atoms with van der Waals surface area (Å²) in [7, 11) is 1.81. The molecule has 2 rings (SSSR count). The predicted octanol–water partition coefficient (Wildman–Crippen LogP) is 3.34. The zero-order valence-electron chi connectivity index (χ0n) is 14.0. The summed E-state index contributed by atoms with van der Waals surface area (Å²) in [6.07, 6.45) is 9.92. The Morgan fingerprint density at radius 2 is 1.83 bits per heavy atom. The number of hydrogen-bond acceptors (Lipinski definition) is 5. The summed E-state index contributed by atoms with van der Waals surface area (Å²) in [4.78, 5) is 19.4. The molecular weight excluding hydrogens is 292 g/mol. The fourth-order valence-corrected chi connectivity index (χ4v) is 2.93. The molecule has 1 heterocycles. The SMILES string of the molecule is CNc1nc(N)c(C2CC2)c(CCCCCCCCC(=O)O)n1. The molecule has 0 amide bonds. The number of carbonyl (C=O) groups is 1. The van der Waals surface area contributed by atoms with Gasteiger partial charge in [-0.25, -0.2) is 4.98 Å². The lowest BCUT2D eigenvalue weighted by molar-refractivity contribution is -0.137. The lowest BCUT2D eigenvalue weighted by Gasteiger charge is -2.12. The summed E-state index contributed by atoms with van der Waals surface area (Å²) in [5.74, 6) is 1.11. The van der Waals surface area contributed by atoms with Gasteiger partial charge in [0.2, 0.25) is 5.95 Å². The molecule has 1 aliphatic carbocycles. The third-order valence-electron chi connectivity index (χ3n) is 4.32. The Morgan fingerprint density at radius 3 is 2.43 bits per heavy atom. The third-order valence-corrected chi connectivity index (χ3v) is 4.32. The summed E-state index contributed by atoms with van der Waals surface area (Å²) in [5.41, 5.74) is 8.39. The average Bonchev–Trinajstić information content (AvgIpc) is 3.33. The minimum atomic E-state index is -0.695. The van der Waals surface area contributed by atoms with Crippen LogP contribution in [-0.2, 0) is 11.2 Å². The smallest absolute Gasteiger partial charge is 0.303 e. The van der Waals surface area contributed by atoms with Crippen molar-refractivity contribution in [2.75, 3.05) is 18.1 Å². The highest BCUT2D eigenvalue weighted by Gasteiger charge is 2.29. The van der Waals surface area contributed by atoms with Crippen LogP contribution in [-0.4, -0.2) is 28.1 Å². The van der Waals surface area contributed by atoms with Crippen molar-refractivity contribution in [3.63, 3.8) is 0 Å². The molecule has 0 aromatic carbocycles. The van der Waals surface area contributed by atoms with Crippen molar-refractivity contribution in [2.45, 2.75) is 70.1 Å². The Labute approximate surface area is 137 Å². The summed E-state index contributed by atoms with van der Waals surface area (Å²) >= 11 is 0. The van der Waals surface area contributed by atoms with Crippen molar-refractivity contribution in [3.05, 3.63) is 11.3 Å². The standard InChI is InChI=1S/C17H28N4O2/c1-19-17-20-13(15(12-10-11-12)16(18)21-17)8-6-4-2-3-5-7-9-14(22)23/h12H,2-11H2,1H3,(H,22,23)(H3,18,19,20,21). The van der Waals surface area contributed by atoms with Gasteiger partial charge in [-0.3, -0.25) is 4.79 Å². The number of anilines is 2. The van der Waals surface area contributed by atoms with Crippen LogP contribution in [0.1, 0.15) is 75.0 Å². The van der Waals surface area contributed by atoms with Gasteiger partial charge in [0.25, 0.3) is 0 Å². The van der Waals surface area contributed by atoms with Crippen molar-refractivity contribution in [1.82, 2.24) is 9.97 Å². The zero-order chi connectivity index (χ0) is 16.7. The van der Waals surface area contributed by atoms with E-state index in [4.69, 9.17) is 10.8 Å². The first-order valence-electron chi connectivity index (χ1n) is 8.67. The molecule has 1 aromatic rings. The van der Waals surface area contributed by atoms with Gasteiger partial charge in [-0.1, -0.05) is 25.7 Å². The summed E-state index contributed by atoms with van der Waals surface area (Å²) in [6, 6.07) is 0. The number of carboxylic acids is 1. The maximum Gasteiger partial charge on any atom is 0.303 e. The highest BCUT2D eigenvalue weighted by atomic mass is 16.4. The fraction of sp³-hybridized carbons (Fsp3) is 0.706. The maximum absolute atomic E-state index is 10.4. The van der Waals surface area contributed by atoms with Gasteiger partial charge < -0.3 is 16.2 Å². The first-order chi connectivity index (χ1) is 11.1. The van der Waals surface area contributed by atoms with Crippen molar-refractivity contribution in [1.29, 1.82) is 0 Å². The topological polar surface area (TPSA) is 101 Å². The molecule has 0 bridgehead atoms. The molecule has 0 aliphatic heterocycles. The molecule has 0 atom stereocenters. The molecule has 0 radical (unpaired) electrons. The molecule has 1 saturated carbocycles. The molecule has 0 saturated heterocycles. The van der Waals surface area contributed by atoms with E-state index in [9.17, 15) is 4.79 Å². The van der Waals surface area contributed by atoms with E-state index < -0.39 is 5.97 Å². The van der Waals surface area contributed by atoms with E-state index in [1.807, 2.05) is 7.05 Å². The minimum Gasteiger partial charge on any atom is -0.481 e. The number of nitrogen functional groups attached to an aromatic ring is 1. The Kier molecular flexibility index (Phi) is 6.62. The van der Waals surface area contributed by atoms with E-state index >= 15 is 0 Å². The molecule has 1 aromatic heterocycles. The van der Waals surface area contributed by atoms with E-state index in [-0.39, 0.29) is 6.42 Å². The second kappa shape index (κ2) is 8.70. The van der Waals surface area contributed by atoms with Crippen LogP contribution < -0.4 is 11.1 Å². The summed E-state index contributed by atoms with van der Waals surface area (Å²) in [5, 5.41) is 11.6. The molecule has 1 aliphatic rings. The van der Waals surface area contributed by atoms with Gasteiger partial charge >= 0.3 is 5.97 Å². The van der Waals surface area contributed by atoms with Gasteiger partial charge in [0, 0.05) is 19.0 Å². The predicted molar refractivity (Wildman–Crippen MR) is 91.6 cm³/mol. The van der Waals surface area contributed by atoms with E-state index in [2.05, 4.69) is 15.3 Å². The normalized spacial score (nSPS) is 14.0. The van der Waals surface area contributed by atoms with Gasteiger partial charge in [-0.2, -0.15) is 4.98 Å². The van der Waals surface area contributed by atoms with E-state index in [1.165, 1.54) is 18.4 Å². The summed E-state index contributed by atoms with van der Waals surface area (Å²) in [6.45, 7) is 0. The van der Waals surface area contributed by atoms with E-state index in [1.54, 1.807) is 0 Å². The average molecular weight is 320 g/mol. The summed E-state index contributed by atoms with van der Waals surface area (Å²) < 4.78 is 0. The molecular formula is C17H28N4O2. The third kappa shape index (κ3) is 5.69. The minimum absolute atomic E-state index is 0.289. The van der Waals surface area contributed by atoms with Crippen LogP contribution in [0.2, 0.25) is 0 Å². The number of unbranched alkanes of at least 4 members (excludes halogenated alkanes) is 5. The Morgan fingerprint density at radius 1 is 1.17 bits per heavy atom. The van der Waals surface area contributed by atoms with E-state index in [0.29, 0.717) is 17.7 Å². The number of nitrogens with zero attached hydrogens (tertiary/aromatic N) is 2. The Hall–Kier alpha value is -1.85. The van der Waals surface area contributed by atoms with Gasteiger partial charge in [0.1, 0.15) is 5.82 Å².